The molecule has 0 atom stereocenters. The summed E-state index contributed by atoms with van der Waals surface area (Å²) in [5.41, 5.74) is 7.62. The molecule has 0 aliphatic heterocycles. The highest BCUT2D eigenvalue weighted by atomic mass is 32.2. The molecule has 0 aromatic heterocycles. The summed E-state index contributed by atoms with van der Waals surface area (Å²) < 4.78 is 0. The minimum Gasteiger partial charge on any atom is -0.398 e. The van der Waals surface area contributed by atoms with Crippen LogP contribution in [0.1, 0.15) is 18.9 Å². The lowest BCUT2D eigenvalue weighted by molar-refractivity contribution is -0.118. The van der Waals surface area contributed by atoms with Crippen molar-refractivity contribution in [1.82, 2.24) is 5.32 Å². The molecule has 1 rings (SSSR count). The Balaban J connectivity index is 2.48. The summed E-state index contributed by atoms with van der Waals surface area (Å²) in [7, 11) is 0. The number of carbonyl (C=O) groups excluding carboxylic acids is 1. The maximum atomic E-state index is 11.4. The van der Waals surface area contributed by atoms with Gasteiger partial charge in [0.1, 0.15) is 0 Å². The molecule has 4 heteroatoms. The summed E-state index contributed by atoms with van der Waals surface area (Å²) in [4.78, 5) is 12.5. The molecule has 0 aliphatic rings. The summed E-state index contributed by atoms with van der Waals surface area (Å²) in [6, 6.07) is 5.77. The Kier molecular flexibility index (Phi) is 5.19. The van der Waals surface area contributed by atoms with E-state index < -0.39 is 0 Å². The third kappa shape index (κ3) is 3.77. The van der Waals surface area contributed by atoms with E-state index in [9.17, 15) is 4.79 Å². The summed E-state index contributed by atoms with van der Waals surface area (Å²) in [5.74, 6) is 0.526. The maximum Gasteiger partial charge on any atom is 0.230 e. The molecular formula is C12H18N2OS. The fourth-order valence-electron chi connectivity index (χ4n) is 1.25. The topological polar surface area (TPSA) is 55.1 Å². The van der Waals surface area contributed by atoms with E-state index in [2.05, 4.69) is 5.32 Å². The van der Waals surface area contributed by atoms with Crippen LogP contribution in [-0.4, -0.2) is 18.2 Å². The van der Waals surface area contributed by atoms with Gasteiger partial charge < -0.3 is 11.1 Å². The van der Waals surface area contributed by atoms with Gasteiger partial charge in [-0.05, 0) is 31.0 Å². The van der Waals surface area contributed by atoms with Gasteiger partial charge in [-0.25, -0.2) is 0 Å². The first kappa shape index (κ1) is 12.9. The first-order valence-corrected chi connectivity index (χ1v) is 6.38. The number of nitrogens with one attached hydrogen (secondary N) is 1. The highest BCUT2D eigenvalue weighted by Crippen LogP contribution is 2.25. The van der Waals surface area contributed by atoms with Crippen molar-refractivity contribution in [2.45, 2.75) is 25.2 Å². The minimum atomic E-state index is 0.0775. The number of thioether (sulfide) groups is 1. The molecule has 88 valence electrons. The molecule has 1 aromatic rings. The fourth-order valence-corrected chi connectivity index (χ4v) is 2.14. The van der Waals surface area contributed by atoms with Gasteiger partial charge in [0, 0.05) is 17.1 Å². The molecule has 0 unspecified atom stereocenters. The van der Waals surface area contributed by atoms with Gasteiger partial charge in [0.2, 0.25) is 5.91 Å². The summed E-state index contributed by atoms with van der Waals surface area (Å²) in [5, 5.41) is 2.85. The Morgan fingerprint density at radius 1 is 1.50 bits per heavy atom. The second-order valence-corrected chi connectivity index (χ2v) is 4.63. The van der Waals surface area contributed by atoms with Crippen molar-refractivity contribution in [1.29, 1.82) is 0 Å². The van der Waals surface area contributed by atoms with Crippen molar-refractivity contribution in [3.8, 4) is 0 Å². The van der Waals surface area contributed by atoms with E-state index in [1.165, 1.54) is 11.8 Å². The van der Waals surface area contributed by atoms with E-state index in [0.717, 1.165) is 29.1 Å². The van der Waals surface area contributed by atoms with Crippen LogP contribution in [0.2, 0.25) is 0 Å². The zero-order chi connectivity index (χ0) is 12.0. The molecule has 0 saturated heterocycles. The molecular weight excluding hydrogens is 220 g/mol. The molecule has 3 N–H and O–H groups in total. The lowest BCUT2D eigenvalue weighted by Crippen LogP contribution is -2.25. The molecule has 1 aromatic carbocycles. The first-order valence-electron chi connectivity index (χ1n) is 5.39. The third-order valence-corrected chi connectivity index (χ3v) is 3.42. The Bertz CT molecular complexity index is 366. The van der Waals surface area contributed by atoms with E-state index in [1.54, 1.807) is 0 Å². The van der Waals surface area contributed by atoms with Gasteiger partial charge in [0.15, 0.2) is 0 Å². The van der Waals surface area contributed by atoms with Gasteiger partial charge in [-0.15, -0.1) is 11.8 Å². The van der Waals surface area contributed by atoms with Gasteiger partial charge in [-0.2, -0.15) is 0 Å². The molecule has 0 aliphatic carbocycles. The van der Waals surface area contributed by atoms with Crippen molar-refractivity contribution in [3.05, 3.63) is 23.8 Å². The minimum absolute atomic E-state index is 0.0775. The average molecular weight is 238 g/mol. The number of nitrogens with two attached hydrogens (primary N) is 1. The maximum absolute atomic E-state index is 11.4. The van der Waals surface area contributed by atoms with Crippen LogP contribution in [0.4, 0.5) is 5.69 Å². The van der Waals surface area contributed by atoms with E-state index in [1.807, 2.05) is 32.0 Å². The summed E-state index contributed by atoms with van der Waals surface area (Å²) in [6.45, 7) is 4.76. The number of anilines is 1. The Morgan fingerprint density at radius 2 is 2.25 bits per heavy atom. The second kappa shape index (κ2) is 6.43. The number of benzene rings is 1. The lowest BCUT2D eigenvalue weighted by Gasteiger charge is -2.07. The number of hydrogen-bond acceptors (Lipinski definition) is 3. The van der Waals surface area contributed by atoms with Crippen molar-refractivity contribution in [2.24, 2.45) is 0 Å². The van der Waals surface area contributed by atoms with Crippen molar-refractivity contribution in [2.75, 3.05) is 18.0 Å². The monoisotopic (exact) mass is 238 g/mol. The number of hydrogen-bond donors (Lipinski definition) is 2. The number of rotatable bonds is 5. The highest BCUT2D eigenvalue weighted by Gasteiger charge is 2.05. The van der Waals surface area contributed by atoms with E-state index in [4.69, 9.17) is 5.73 Å². The predicted molar refractivity (Wildman–Crippen MR) is 69.6 cm³/mol. The molecule has 0 fully saturated rings. The number of carbonyl (C=O) groups is 1. The highest BCUT2D eigenvalue weighted by molar-refractivity contribution is 8.00. The molecule has 0 heterocycles. The number of amides is 1. The van der Waals surface area contributed by atoms with Gasteiger partial charge in [0.25, 0.3) is 0 Å². The number of nitrogen functional groups attached to an aromatic ring is 1. The molecule has 0 radical (unpaired) electrons. The quantitative estimate of drug-likeness (QED) is 0.611. The van der Waals surface area contributed by atoms with Crippen LogP contribution >= 0.6 is 11.8 Å². The van der Waals surface area contributed by atoms with Crippen LogP contribution in [0.5, 0.6) is 0 Å². The van der Waals surface area contributed by atoms with Crippen LogP contribution in [0.15, 0.2) is 23.1 Å². The van der Waals surface area contributed by atoms with Crippen LogP contribution in [-0.2, 0) is 4.79 Å². The van der Waals surface area contributed by atoms with Gasteiger partial charge >= 0.3 is 0 Å². The molecule has 3 nitrogen and oxygen atoms in total. The van der Waals surface area contributed by atoms with Crippen molar-refractivity contribution in [3.63, 3.8) is 0 Å². The SMILES string of the molecule is CCCNC(=O)CSc1cccc(N)c1C. The zero-order valence-corrected chi connectivity index (χ0v) is 10.6. The zero-order valence-electron chi connectivity index (χ0n) is 9.75. The third-order valence-electron chi connectivity index (χ3n) is 2.26. The van der Waals surface area contributed by atoms with Gasteiger partial charge in [-0.3, -0.25) is 4.79 Å². The summed E-state index contributed by atoms with van der Waals surface area (Å²) in [6.07, 6.45) is 0.966. The Labute approximate surface area is 101 Å². The lowest BCUT2D eigenvalue weighted by atomic mass is 10.2. The van der Waals surface area contributed by atoms with Crippen LogP contribution in [0, 0.1) is 6.92 Å². The van der Waals surface area contributed by atoms with E-state index in [-0.39, 0.29) is 5.91 Å². The second-order valence-electron chi connectivity index (χ2n) is 3.61. The Morgan fingerprint density at radius 3 is 2.94 bits per heavy atom. The smallest absolute Gasteiger partial charge is 0.230 e. The normalized spacial score (nSPS) is 10.1. The van der Waals surface area contributed by atoms with Crippen LogP contribution in [0.3, 0.4) is 0 Å². The predicted octanol–water partition coefficient (Wildman–Crippen LogP) is 2.20. The van der Waals surface area contributed by atoms with Gasteiger partial charge in [0.05, 0.1) is 5.75 Å². The van der Waals surface area contributed by atoms with Gasteiger partial charge in [-0.1, -0.05) is 13.0 Å². The van der Waals surface area contributed by atoms with Crippen molar-refractivity contribution >= 4 is 23.4 Å². The molecule has 16 heavy (non-hydrogen) atoms. The van der Waals surface area contributed by atoms with Crippen LogP contribution < -0.4 is 11.1 Å². The van der Waals surface area contributed by atoms with Crippen LogP contribution in [0.25, 0.3) is 0 Å². The molecule has 0 spiro atoms. The van der Waals surface area contributed by atoms with E-state index >= 15 is 0 Å². The molecule has 0 saturated carbocycles. The largest absolute Gasteiger partial charge is 0.398 e. The average Bonchev–Trinajstić information content (AvgIpc) is 2.28. The summed E-state index contributed by atoms with van der Waals surface area (Å²) >= 11 is 1.53. The Hall–Kier alpha value is -1.16. The molecule has 0 bridgehead atoms. The fraction of sp³-hybridized carbons (Fsp3) is 0.417. The van der Waals surface area contributed by atoms with E-state index in [0.29, 0.717) is 5.75 Å². The standard InChI is InChI=1S/C12H18N2OS/c1-3-7-14-12(15)8-16-11-6-4-5-10(13)9(11)2/h4-6H,3,7-8,13H2,1-2H3,(H,14,15). The van der Waals surface area contributed by atoms with Crippen molar-refractivity contribution < 1.29 is 4.79 Å². The molecule has 1 amide bonds. The first-order chi connectivity index (χ1) is 7.65.